The molecule has 1 radical (unpaired) electrons. The second-order valence-electron chi connectivity index (χ2n) is 4.55. The Balaban J connectivity index is 0.00000127. The van der Waals surface area contributed by atoms with E-state index in [1.807, 2.05) is 83.1 Å². The number of benzene rings is 1. The van der Waals surface area contributed by atoms with Crippen molar-refractivity contribution >= 4 is 5.71 Å². The number of hydrogen-bond acceptors (Lipinski definition) is 6. The van der Waals surface area contributed by atoms with Crippen molar-refractivity contribution in [2.75, 3.05) is 0 Å². The van der Waals surface area contributed by atoms with E-state index in [0.29, 0.717) is 11.5 Å². The van der Waals surface area contributed by atoms with Crippen LogP contribution < -0.4 is 5.10 Å². The summed E-state index contributed by atoms with van der Waals surface area (Å²) in [6.45, 7) is 10.2. The number of oxime groups is 1. The third kappa shape index (κ3) is 8.49. The number of nitrogens with zero attached hydrogens (tertiary/aromatic N) is 6. The fourth-order valence-electron chi connectivity index (χ4n) is 1.90. The van der Waals surface area contributed by atoms with E-state index in [1.165, 1.54) is 0 Å². The predicted octanol–water partition coefficient (Wildman–Crippen LogP) is 3.55. The number of tetrazole rings is 1. The minimum Gasteiger partial charge on any atom is -0.389 e. The molecule has 0 aliphatic heterocycles. The topological polar surface area (TPSA) is 87.3 Å². The predicted molar refractivity (Wildman–Crippen MR) is 102 cm³/mol. The van der Waals surface area contributed by atoms with Gasteiger partial charge in [-0.1, -0.05) is 69.2 Å². The first-order valence-electron chi connectivity index (χ1n) is 8.70. The van der Waals surface area contributed by atoms with Gasteiger partial charge in [-0.3, -0.25) is 15.3 Å². The summed E-state index contributed by atoms with van der Waals surface area (Å²) in [5.74, 6) is 0.323. The summed E-state index contributed by atoms with van der Waals surface area (Å²) in [5.41, 5.74) is 3.05. The molecule has 2 heterocycles. The molecule has 8 heteroatoms. The Morgan fingerprint density at radius 1 is 1.00 bits per heavy atom. The van der Waals surface area contributed by atoms with Crippen LogP contribution in [0.1, 0.15) is 50.5 Å². The van der Waals surface area contributed by atoms with Gasteiger partial charge in [-0.15, -0.1) is 0 Å². The Labute approximate surface area is 185 Å². The van der Waals surface area contributed by atoms with Crippen LogP contribution in [0, 0.1) is 6.92 Å². The van der Waals surface area contributed by atoms with Gasteiger partial charge in [0.25, 0.3) is 0 Å². The van der Waals surface area contributed by atoms with Crippen LogP contribution in [0.3, 0.4) is 0 Å². The van der Waals surface area contributed by atoms with Crippen LogP contribution in [0.25, 0.3) is 0 Å². The zero-order valence-corrected chi connectivity index (χ0v) is 19.3. The molecule has 0 atom stereocenters. The average molecular weight is 442 g/mol. The minimum absolute atomic E-state index is 0. The molecule has 0 saturated carbocycles. The van der Waals surface area contributed by atoms with Gasteiger partial charge in [-0.2, -0.15) is 5.21 Å². The van der Waals surface area contributed by atoms with Crippen LogP contribution in [0.15, 0.2) is 53.7 Å². The quantitative estimate of drug-likeness (QED) is 0.444. The van der Waals surface area contributed by atoms with Gasteiger partial charge < -0.3 is 9.94 Å². The molecule has 1 aromatic carbocycles. The van der Waals surface area contributed by atoms with Gasteiger partial charge in [0, 0.05) is 44.0 Å². The Kier molecular flexibility index (Phi) is 14.0. The molecule has 0 saturated heterocycles. The summed E-state index contributed by atoms with van der Waals surface area (Å²) in [7, 11) is 0. The first-order valence-corrected chi connectivity index (χ1v) is 8.70. The number of aromatic nitrogens is 5. The molecule has 0 unspecified atom stereocenters. The second kappa shape index (κ2) is 15.1. The molecular weight excluding hydrogens is 417 g/mol. The van der Waals surface area contributed by atoms with Crippen LogP contribution in [0.4, 0.5) is 0 Å². The van der Waals surface area contributed by atoms with Crippen LogP contribution in [0.2, 0.25) is 0 Å². The van der Waals surface area contributed by atoms with Crippen LogP contribution in [-0.2, 0) is 44.2 Å². The SMILES string of the molecule is CC.CC.Cc1cccc(CON=C(c2ccccc2)c2nnn[n-]2)n1.[Y]. The zero-order valence-electron chi connectivity index (χ0n) is 16.5. The third-order valence-corrected chi connectivity index (χ3v) is 2.89. The normalized spacial score (nSPS) is 9.74. The molecular formula is C19H25N6OY-. The van der Waals surface area contributed by atoms with Gasteiger partial charge in [0.1, 0.15) is 5.71 Å². The van der Waals surface area contributed by atoms with Gasteiger partial charge in [0.2, 0.25) is 0 Å². The van der Waals surface area contributed by atoms with Crippen molar-refractivity contribution in [3.8, 4) is 0 Å². The number of aryl methyl sites for hydroxylation is 1. The third-order valence-electron chi connectivity index (χ3n) is 2.89. The summed E-state index contributed by atoms with van der Waals surface area (Å²) in [6.07, 6.45) is 0. The Morgan fingerprint density at radius 2 is 1.70 bits per heavy atom. The van der Waals surface area contributed by atoms with Crippen molar-refractivity contribution in [2.24, 2.45) is 5.16 Å². The Hall–Kier alpha value is -1.99. The van der Waals surface area contributed by atoms with E-state index in [1.54, 1.807) is 0 Å². The van der Waals surface area contributed by atoms with Crippen LogP contribution in [-0.4, -0.2) is 26.2 Å². The molecule has 7 nitrogen and oxygen atoms in total. The Bertz CT molecular complexity index is 763. The zero-order chi connectivity index (χ0) is 19.2. The van der Waals surface area contributed by atoms with E-state index in [-0.39, 0.29) is 39.3 Å². The number of hydrogen-bond donors (Lipinski definition) is 0. The largest absolute Gasteiger partial charge is 0.389 e. The minimum atomic E-state index is 0. The Morgan fingerprint density at radius 3 is 2.30 bits per heavy atom. The van der Waals surface area contributed by atoms with Crippen LogP contribution >= 0.6 is 0 Å². The van der Waals surface area contributed by atoms with E-state index < -0.39 is 0 Å². The van der Waals surface area contributed by atoms with Crippen LogP contribution in [0.5, 0.6) is 0 Å². The summed E-state index contributed by atoms with van der Waals surface area (Å²) >= 11 is 0. The standard InChI is InChI=1S/C15H13N6O.2C2H6.Y/c1-11-6-5-9-13(16-11)10-22-19-14(15-17-20-21-18-15)12-7-3-2-4-8-12;2*1-2;/h2-9H,10H2,1H3;2*1-2H3;/q-1;;;. The molecule has 2 aromatic heterocycles. The van der Waals surface area contributed by atoms with Gasteiger partial charge in [-0.05, 0) is 19.1 Å². The van der Waals surface area contributed by atoms with Gasteiger partial charge in [-0.25, -0.2) is 0 Å². The van der Waals surface area contributed by atoms with Crippen molar-refractivity contribution in [2.45, 2.75) is 41.2 Å². The molecule has 27 heavy (non-hydrogen) atoms. The number of pyridine rings is 1. The fraction of sp³-hybridized carbons (Fsp3) is 0.316. The van der Waals surface area contributed by atoms with Crippen molar-refractivity contribution in [3.63, 3.8) is 0 Å². The van der Waals surface area contributed by atoms with Crippen molar-refractivity contribution < 1.29 is 37.5 Å². The molecule has 0 aliphatic carbocycles. The molecule has 0 spiro atoms. The summed E-state index contributed by atoms with van der Waals surface area (Å²) in [6, 6.07) is 15.2. The molecule has 0 N–H and O–H groups in total. The monoisotopic (exact) mass is 442 g/mol. The molecule has 0 amide bonds. The van der Waals surface area contributed by atoms with Gasteiger partial charge >= 0.3 is 0 Å². The second-order valence-corrected chi connectivity index (χ2v) is 4.55. The maximum atomic E-state index is 5.40. The molecule has 0 bridgehead atoms. The van der Waals surface area contributed by atoms with E-state index >= 15 is 0 Å². The summed E-state index contributed by atoms with van der Waals surface area (Å²) in [5, 5.41) is 18.8. The maximum Gasteiger partial charge on any atom is 0.159 e. The molecule has 3 rings (SSSR count). The molecule has 141 valence electrons. The van der Waals surface area contributed by atoms with E-state index in [2.05, 4.69) is 30.8 Å². The first-order chi connectivity index (χ1) is 12.8. The molecule has 3 aromatic rings. The average Bonchev–Trinajstić information content (AvgIpc) is 3.24. The molecule has 0 aliphatic rings. The van der Waals surface area contributed by atoms with Crippen molar-refractivity contribution in [3.05, 3.63) is 71.3 Å². The maximum absolute atomic E-state index is 5.40. The van der Waals surface area contributed by atoms with Gasteiger partial charge in [0.15, 0.2) is 6.61 Å². The van der Waals surface area contributed by atoms with Crippen molar-refractivity contribution in [1.29, 1.82) is 0 Å². The molecule has 0 fully saturated rings. The first kappa shape index (κ1) is 25.0. The van der Waals surface area contributed by atoms with E-state index in [0.717, 1.165) is 17.0 Å². The van der Waals surface area contributed by atoms with Gasteiger partial charge in [0.05, 0.1) is 11.5 Å². The van der Waals surface area contributed by atoms with E-state index in [4.69, 9.17) is 4.84 Å². The summed E-state index contributed by atoms with van der Waals surface area (Å²) in [4.78, 5) is 9.76. The van der Waals surface area contributed by atoms with E-state index in [9.17, 15) is 0 Å². The smallest absolute Gasteiger partial charge is 0.159 e. The number of rotatable bonds is 5. The summed E-state index contributed by atoms with van der Waals surface area (Å²) < 4.78 is 0. The fourth-order valence-corrected chi connectivity index (χ4v) is 1.90. The van der Waals surface area contributed by atoms with Crippen molar-refractivity contribution in [1.82, 2.24) is 25.6 Å².